The van der Waals surface area contributed by atoms with Gasteiger partial charge in [-0.1, -0.05) is 0 Å². The van der Waals surface area contributed by atoms with Crippen LogP contribution in [0.1, 0.15) is 19.3 Å². The molecule has 0 aromatic heterocycles. The lowest BCUT2D eigenvalue weighted by molar-refractivity contribution is -0.118. The van der Waals surface area contributed by atoms with Gasteiger partial charge in [-0.25, -0.2) is 0 Å². The Balaban J connectivity index is 2.04. The normalized spacial score (nSPS) is 24.8. The highest BCUT2D eigenvalue weighted by molar-refractivity contribution is 8.00. The SMILES string of the molecule is N#CCSCC(=O)NCC1CCC(O)C1. The molecule has 1 amide bonds. The molecule has 2 atom stereocenters. The molecule has 84 valence electrons. The molecular formula is C10H16N2O2S. The lowest BCUT2D eigenvalue weighted by Gasteiger charge is -2.10. The molecule has 0 heterocycles. The summed E-state index contributed by atoms with van der Waals surface area (Å²) in [5.74, 6) is 1.11. The standard InChI is InChI=1S/C10H16N2O2S/c11-3-4-15-7-10(14)12-6-8-1-2-9(13)5-8/h8-9,13H,1-2,4-7H2,(H,12,14). The Morgan fingerprint density at radius 3 is 3.00 bits per heavy atom. The molecule has 2 N–H and O–H groups in total. The number of carbonyl (C=O) groups excluding carboxylic acids is 1. The average Bonchev–Trinajstić information content (AvgIpc) is 2.62. The number of aliphatic hydroxyl groups is 1. The van der Waals surface area contributed by atoms with E-state index in [2.05, 4.69) is 5.32 Å². The van der Waals surface area contributed by atoms with Crippen molar-refractivity contribution in [1.82, 2.24) is 5.32 Å². The van der Waals surface area contributed by atoms with Gasteiger partial charge < -0.3 is 10.4 Å². The van der Waals surface area contributed by atoms with E-state index in [9.17, 15) is 9.90 Å². The van der Waals surface area contributed by atoms with Crippen LogP contribution in [0.4, 0.5) is 0 Å². The molecule has 1 aliphatic rings. The molecule has 0 saturated heterocycles. The molecule has 1 saturated carbocycles. The number of hydrogen-bond donors (Lipinski definition) is 2. The zero-order valence-corrected chi connectivity index (χ0v) is 9.42. The van der Waals surface area contributed by atoms with E-state index >= 15 is 0 Å². The van der Waals surface area contributed by atoms with E-state index in [0.717, 1.165) is 19.3 Å². The van der Waals surface area contributed by atoms with Crippen LogP contribution in [0.2, 0.25) is 0 Å². The molecule has 1 rings (SSSR count). The third kappa shape index (κ3) is 5.05. The van der Waals surface area contributed by atoms with Crippen LogP contribution >= 0.6 is 11.8 Å². The second-order valence-electron chi connectivity index (χ2n) is 3.79. The highest BCUT2D eigenvalue weighted by Crippen LogP contribution is 2.24. The molecule has 2 unspecified atom stereocenters. The van der Waals surface area contributed by atoms with Crippen molar-refractivity contribution in [2.24, 2.45) is 5.92 Å². The first kappa shape index (κ1) is 12.3. The lowest BCUT2D eigenvalue weighted by atomic mass is 10.1. The third-order valence-corrected chi connectivity index (χ3v) is 3.30. The molecular weight excluding hydrogens is 212 g/mol. The van der Waals surface area contributed by atoms with Gasteiger partial charge in [0.1, 0.15) is 0 Å². The fourth-order valence-electron chi connectivity index (χ4n) is 1.73. The van der Waals surface area contributed by atoms with Crippen molar-refractivity contribution in [3.05, 3.63) is 0 Å². The van der Waals surface area contributed by atoms with E-state index < -0.39 is 0 Å². The summed E-state index contributed by atoms with van der Waals surface area (Å²) < 4.78 is 0. The van der Waals surface area contributed by atoms with Crippen LogP contribution in [0.3, 0.4) is 0 Å². The summed E-state index contributed by atoms with van der Waals surface area (Å²) in [5.41, 5.74) is 0. The van der Waals surface area contributed by atoms with Crippen molar-refractivity contribution in [2.75, 3.05) is 18.1 Å². The summed E-state index contributed by atoms with van der Waals surface area (Å²) in [6, 6.07) is 1.98. The van der Waals surface area contributed by atoms with Gasteiger partial charge in [-0.2, -0.15) is 5.26 Å². The monoisotopic (exact) mass is 228 g/mol. The zero-order valence-electron chi connectivity index (χ0n) is 8.61. The number of hydrogen-bond acceptors (Lipinski definition) is 4. The molecule has 15 heavy (non-hydrogen) atoms. The van der Waals surface area contributed by atoms with Crippen molar-refractivity contribution >= 4 is 17.7 Å². The maximum Gasteiger partial charge on any atom is 0.230 e. The summed E-state index contributed by atoms with van der Waals surface area (Å²) >= 11 is 1.32. The van der Waals surface area contributed by atoms with Gasteiger partial charge in [-0.05, 0) is 25.2 Å². The Kier molecular flexibility index (Phi) is 5.51. The second kappa shape index (κ2) is 6.70. The smallest absolute Gasteiger partial charge is 0.230 e. The summed E-state index contributed by atoms with van der Waals surface area (Å²) in [7, 11) is 0. The number of aliphatic hydroxyl groups excluding tert-OH is 1. The Morgan fingerprint density at radius 2 is 2.40 bits per heavy atom. The number of carbonyl (C=O) groups is 1. The van der Waals surface area contributed by atoms with E-state index in [1.165, 1.54) is 11.8 Å². The first-order valence-electron chi connectivity index (χ1n) is 5.12. The van der Waals surface area contributed by atoms with Crippen molar-refractivity contribution in [3.8, 4) is 6.07 Å². The van der Waals surface area contributed by atoms with Crippen LogP contribution < -0.4 is 5.32 Å². The van der Waals surface area contributed by atoms with Gasteiger partial charge in [0, 0.05) is 6.54 Å². The fourth-order valence-corrected chi connectivity index (χ4v) is 2.21. The average molecular weight is 228 g/mol. The lowest BCUT2D eigenvalue weighted by Crippen LogP contribution is -2.30. The van der Waals surface area contributed by atoms with Gasteiger partial charge in [0.15, 0.2) is 0 Å². The van der Waals surface area contributed by atoms with E-state index in [1.807, 2.05) is 6.07 Å². The highest BCUT2D eigenvalue weighted by Gasteiger charge is 2.22. The number of nitrogens with one attached hydrogen (secondary N) is 1. The van der Waals surface area contributed by atoms with Gasteiger partial charge >= 0.3 is 0 Å². The summed E-state index contributed by atoms with van der Waals surface area (Å²) in [4.78, 5) is 11.3. The molecule has 1 aliphatic carbocycles. The number of nitriles is 1. The Morgan fingerprint density at radius 1 is 1.60 bits per heavy atom. The van der Waals surface area contributed by atoms with E-state index in [0.29, 0.717) is 24.0 Å². The van der Waals surface area contributed by atoms with Gasteiger partial charge in [0.05, 0.1) is 23.7 Å². The zero-order chi connectivity index (χ0) is 11.1. The van der Waals surface area contributed by atoms with Crippen molar-refractivity contribution in [3.63, 3.8) is 0 Å². The molecule has 0 spiro atoms. The van der Waals surface area contributed by atoms with Crippen LogP contribution in [-0.4, -0.2) is 35.2 Å². The molecule has 0 aromatic carbocycles. The van der Waals surface area contributed by atoms with E-state index in [1.54, 1.807) is 0 Å². The first-order valence-corrected chi connectivity index (χ1v) is 6.27. The fraction of sp³-hybridized carbons (Fsp3) is 0.800. The Labute approximate surface area is 94.0 Å². The van der Waals surface area contributed by atoms with Crippen LogP contribution in [0.15, 0.2) is 0 Å². The minimum absolute atomic E-state index is 0.0170. The van der Waals surface area contributed by atoms with Crippen LogP contribution in [0.25, 0.3) is 0 Å². The van der Waals surface area contributed by atoms with Gasteiger partial charge in [-0.15, -0.1) is 11.8 Å². The molecule has 0 bridgehead atoms. The number of thioether (sulfide) groups is 1. The minimum Gasteiger partial charge on any atom is -0.393 e. The molecule has 0 aromatic rings. The predicted octanol–water partition coefficient (Wildman–Crippen LogP) is 0.520. The van der Waals surface area contributed by atoms with Gasteiger partial charge in [-0.3, -0.25) is 4.79 Å². The summed E-state index contributed by atoms with van der Waals surface area (Å²) in [5, 5.41) is 20.4. The quantitative estimate of drug-likeness (QED) is 0.673. The van der Waals surface area contributed by atoms with Crippen molar-refractivity contribution in [1.29, 1.82) is 5.26 Å². The molecule has 1 fully saturated rings. The van der Waals surface area contributed by atoms with Crippen molar-refractivity contribution in [2.45, 2.75) is 25.4 Å². The van der Waals surface area contributed by atoms with Gasteiger partial charge in [0.2, 0.25) is 5.91 Å². The minimum atomic E-state index is -0.181. The van der Waals surface area contributed by atoms with Crippen LogP contribution in [0, 0.1) is 17.2 Å². The predicted molar refractivity (Wildman–Crippen MR) is 59.3 cm³/mol. The highest BCUT2D eigenvalue weighted by atomic mass is 32.2. The number of nitrogens with zero attached hydrogens (tertiary/aromatic N) is 1. The molecule has 5 heteroatoms. The van der Waals surface area contributed by atoms with Crippen molar-refractivity contribution < 1.29 is 9.90 Å². The topological polar surface area (TPSA) is 73.1 Å². The molecule has 4 nitrogen and oxygen atoms in total. The maximum atomic E-state index is 11.3. The molecule has 0 radical (unpaired) electrons. The van der Waals surface area contributed by atoms with E-state index in [-0.39, 0.29) is 12.0 Å². The number of amides is 1. The van der Waals surface area contributed by atoms with Crippen LogP contribution in [-0.2, 0) is 4.79 Å². The Hall–Kier alpha value is -0.730. The first-order chi connectivity index (χ1) is 7.22. The van der Waals surface area contributed by atoms with Crippen LogP contribution in [0.5, 0.6) is 0 Å². The molecule has 0 aliphatic heterocycles. The second-order valence-corrected chi connectivity index (χ2v) is 4.77. The maximum absolute atomic E-state index is 11.3. The summed E-state index contributed by atoms with van der Waals surface area (Å²) in [6.45, 7) is 0.656. The summed E-state index contributed by atoms with van der Waals surface area (Å²) in [6.07, 6.45) is 2.46. The van der Waals surface area contributed by atoms with Gasteiger partial charge in [0.25, 0.3) is 0 Å². The third-order valence-electron chi connectivity index (χ3n) is 2.50. The van der Waals surface area contributed by atoms with E-state index in [4.69, 9.17) is 5.26 Å². The largest absolute Gasteiger partial charge is 0.393 e. The Bertz CT molecular complexity index is 252. The number of rotatable bonds is 5.